The van der Waals surface area contributed by atoms with Crippen molar-refractivity contribution in [1.29, 1.82) is 5.26 Å². The van der Waals surface area contributed by atoms with Crippen LogP contribution >= 0.6 is 0 Å². The summed E-state index contributed by atoms with van der Waals surface area (Å²) in [6, 6.07) is 10.1. The highest BCUT2D eigenvalue weighted by atomic mass is 14.5. The van der Waals surface area contributed by atoms with Crippen LogP contribution in [0, 0.1) is 23.7 Å². The summed E-state index contributed by atoms with van der Waals surface area (Å²) in [7, 11) is 0. The van der Waals surface area contributed by atoms with Crippen molar-refractivity contribution in [1.82, 2.24) is 0 Å². The van der Waals surface area contributed by atoms with Crippen LogP contribution in [0.5, 0.6) is 0 Å². The second kappa shape index (κ2) is 2.64. The first kappa shape index (κ1) is 7.90. The molecule has 0 heterocycles. The van der Waals surface area contributed by atoms with Crippen LogP contribution in [0.25, 0.3) is 0 Å². The van der Waals surface area contributed by atoms with E-state index in [9.17, 15) is 0 Å². The molecule has 1 aliphatic carbocycles. The minimum absolute atomic E-state index is 0.261. The Kier molecular flexibility index (Phi) is 1.61. The quantitative estimate of drug-likeness (QED) is 0.588. The van der Waals surface area contributed by atoms with Gasteiger partial charge in [-0.15, -0.1) is 6.42 Å². The van der Waals surface area contributed by atoms with Crippen LogP contribution in [0.4, 0.5) is 0 Å². The first-order valence-corrected chi connectivity index (χ1v) is 4.30. The van der Waals surface area contributed by atoms with Gasteiger partial charge < -0.3 is 0 Å². The van der Waals surface area contributed by atoms with Gasteiger partial charge in [-0.3, -0.25) is 0 Å². The predicted molar refractivity (Wildman–Crippen MR) is 50.9 cm³/mol. The maximum atomic E-state index is 9.01. The number of benzene rings is 1. The minimum atomic E-state index is -0.261. The fourth-order valence-electron chi connectivity index (χ4n) is 1.59. The lowest BCUT2D eigenvalue weighted by molar-refractivity contribution is 0.904. The Bertz CT molecular complexity index is 413. The van der Waals surface area contributed by atoms with Crippen LogP contribution in [0.15, 0.2) is 24.3 Å². The van der Waals surface area contributed by atoms with E-state index in [-0.39, 0.29) is 5.41 Å². The number of nitrogens with zero attached hydrogens (tertiary/aromatic N) is 1. The average molecular weight is 167 g/mol. The van der Waals surface area contributed by atoms with E-state index in [0.717, 1.165) is 24.0 Å². The highest BCUT2D eigenvalue weighted by molar-refractivity contribution is 5.50. The van der Waals surface area contributed by atoms with Gasteiger partial charge in [0.05, 0.1) is 11.5 Å². The maximum Gasteiger partial charge on any atom is 0.0835 e. The fraction of sp³-hybridized carbons (Fsp3) is 0.250. The molecule has 62 valence electrons. The van der Waals surface area contributed by atoms with E-state index < -0.39 is 0 Å². The molecule has 1 nitrogen and oxygen atoms in total. The predicted octanol–water partition coefficient (Wildman–Crippen LogP) is 2.22. The van der Waals surface area contributed by atoms with Gasteiger partial charge in [-0.2, -0.15) is 5.26 Å². The van der Waals surface area contributed by atoms with Crippen molar-refractivity contribution in [3.05, 3.63) is 35.4 Å². The Morgan fingerprint density at radius 1 is 1.31 bits per heavy atom. The number of nitriles is 1. The molecule has 1 aromatic carbocycles. The molecule has 0 amide bonds. The third kappa shape index (κ3) is 1.10. The van der Waals surface area contributed by atoms with E-state index in [0.29, 0.717) is 0 Å². The van der Waals surface area contributed by atoms with Gasteiger partial charge in [0, 0.05) is 5.56 Å². The van der Waals surface area contributed by atoms with Crippen LogP contribution in [0.3, 0.4) is 0 Å². The van der Waals surface area contributed by atoms with E-state index >= 15 is 0 Å². The molecule has 0 saturated heterocycles. The van der Waals surface area contributed by atoms with Crippen LogP contribution in [-0.4, -0.2) is 0 Å². The average Bonchev–Trinajstić information content (AvgIpc) is 2.98. The Hall–Kier alpha value is -1.73. The van der Waals surface area contributed by atoms with E-state index in [2.05, 4.69) is 12.0 Å². The lowest BCUT2D eigenvalue weighted by Gasteiger charge is -2.07. The molecular weight excluding hydrogens is 158 g/mol. The summed E-state index contributed by atoms with van der Waals surface area (Å²) in [5.74, 6) is 2.62. The van der Waals surface area contributed by atoms with Gasteiger partial charge in [-0.1, -0.05) is 24.1 Å². The van der Waals surface area contributed by atoms with E-state index in [1.165, 1.54) is 0 Å². The van der Waals surface area contributed by atoms with Gasteiger partial charge in [0.1, 0.15) is 0 Å². The summed E-state index contributed by atoms with van der Waals surface area (Å²) in [6.45, 7) is 0. The number of hydrogen-bond acceptors (Lipinski definition) is 1. The van der Waals surface area contributed by atoms with Crippen molar-refractivity contribution in [2.24, 2.45) is 0 Å². The molecule has 0 unspecified atom stereocenters. The molecule has 0 aromatic heterocycles. The second-order valence-electron chi connectivity index (χ2n) is 3.38. The monoisotopic (exact) mass is 167 g/mol. The standard InChI is InChI=1S/C12H9N/c1-2-10-5-3-4-6-11(10)12(9-13)7-8-12/h1,3-6H,7-8H2. The molecule has 1 heteroatoms. The molecule has 13 heavy (non-hydrogen) atoms. The molecular formula is C12H9N. The highest BCUT2D eigenvalue weighted by Crippen LogP contribution is 2.48. The lowest BCUT2D eigenvalue weighted by Crippen LogP contribution is -2.04. The SMILES string of the molecule is C#Cc1ccccc1C1(C#N)CC1. The van der Waals surface area contributed by atoms with Gasteiger partial charge >= 0.3 is 0 Å². The zero-order valence-corrected chi connectivity index (χ0v) is 7.25. The van der Waals surface area contributed by atoms with Crippen LogP contribution in [0.1, 0.15) is 24.0 Å². The first-order valence-electron chi connectivity index (χ1n) is 4.30. The van der Waals surface area contributed by atoms with Crippen molar-refractivity contribution >= 4 is 0 Å². The van der Waals surface area contributed by atoms with Crippen LogP contribution in [-0.2, 0) is 5.41 Å². The van der Waals surface area contributed by atoms with Gasteiger partial charge in [-0.25, -0.2) is 0 Å². The third-order valence-corrected chi connectivity index (χ3v) is 2.56. The van der Waals surface area contributed by atoms with Crippen LogP contribution < -0.4 is 0 Å². The zero-order valence-electron chi connectivity index (χ0n) is 7.25. The van der Waals surface area contributed by atoms with Crippen LogP contribution in [0.2, 0.25) is 0 Å². The van der Waals surface area contributed by atoms with Crippen molar-refractivity contribution in [3.63, 3.8) is 0 Å². The van der Waals surface area contributed by atoms with E-state index in [1.807, 2.05) is 24.3 Å². The molecule has 1 aromatic rings. The van der Waals surface area contributed by atoms with Crippen molar-refractivity contribution in [3.8, 4) is 18.4 Å². The zero-order chi connectivity index (χ0) is 9.31. The maximum absolute atomic E-state index is 9.01. The molecule has 0 aliphatic heterocycles. The largest absolute Gasteiger partial charge is 0.197 e. The third-order valence-electron chi connectivity index (χ3n) is 2.56. The van der Waals surface area contributed by atoms with Gasteiger partial charge in [0.25, 0.3) is 0 Å². The van der Waals surface area contributed by atoms with Crippen molar-refractivity contribution < 1.29 is 0 Å². The molecule has 1 saturated carbocycles. The summed E-state index contributed by atoms with van der Waals surface area (Å²) >= 11 is 0. The smallest absolute Gasteiger partial charge is 0.0835 e. The molecule has 0 bridgehead atoms. The number of rotatable bonds is 1. The van der Waals surface area contributed by atoms with Crippen molar-refractivity contribution in [2.45, 2.75) is 18.3 Å². The summed E-state index contributed by atoms with van der Waals surface area (Å²) in [4.78, 5) is 0. The first-order chi connectivity index (χ1) is 6.32. The normalized spacial score (nSPS) is 17.1. The van der Waals surface area contributed by atoms with E-state index in [4.69, 9.17) is 11.7 Å². The molecule has 0 atom stereocenters. The topological polar surface area (TPSA) is 23.8 Å². The van der Waals surface area contributed by atoms with E-state index in [1.54, 1.807) is 0 Å². The molecule has 2 rings (SSSR count). The molecule has 1 fully saturated rings. The number of hydrogen-bond donors (Lipinski definition) is 0. The Labute approximate surface area is 78.0 Å². The van der Waals surface area contributed by atoms with Crippen molar-refractivity contribution in [2.75, 3.05) is 0 Å². The molecule has 1 aliphatic rings. The lowest BCUT2D eigenvalue weighted by atomic mass is 9.93. The Morgan fingerprint density at radius 3 is 2.54 bits per heavy atom. The minimum Gasteiger partial charge on any atom is -0.197 e. The summed E-state index contributed by atoms with van der Waals surface area (Å²) in [5.41, 5.74) is 1.63. The molecule has 0 radical (unpaired) electrons. The Balaban J connectivity index is 2.54. The van der Waals surface area contributed by atoms with Gasteiger partial charge in [0.2, 0.25) is 0 Å². The van der Waals surface area contributed by atoms with Gasteiger partial charge in [-0.05, 0) is 24.5 Å². The molecule has 0 N–H and O–H groups in total. The Morgan fingerprint density at radius 2 is 2.00 bits per heavy atom. The summed E-state index contributed by atoms with van der Waals surface area (Å²) in [6.07, 6.45) is 7.26. The molecule has 0 spiro atoms. The summed E-state index contributed by atoms with van der Waals surface area (Å²) in [5, 5.41) is 9.01. The highest BCUT2D eigenvalue weighted by Gasteiger charge is 2.45. The second-order valence-corrected chi connectivity index (χ2v) is 3.38. The summed E-state index contributed by atoms with van der Waals surface area (Å²) < 4.78 is 0. The number of terminal acetylenes is 1. The van der Waals surface area contributed by atoms with Gasteiger partial charge in [0.15, 0.2) is 0 Å². The fourth-order valence-corrected chi connectivity index (χ4v) is 1.59.